The molecule has 0 fully saturated rings. The molecule has 0 aliphatic heterocycles. The molecular weight excluding hydrogens is 300 g/mol. The van der Waals surface area contributed by atoms with Crippen molar-refractivity contribution in [3.05, 3.63) is 48.5 Å². The first-order valence-electron chi connectivity index (χ1n) is 6.84. The van der Waals surface area contributed by atoms with Crippen molar-refractivity contribution in [3.63, 3.8) is 0 Å². The summed E-state index contributed by atoms with van der Waals surface area (Å²) in [6.07, 6.45) is 0.352. The first-order valence-corrected chi connectivity index (χ1v) is 7.65. The van der Waals surface area contributed by atoms with Crippen molar-refractivity contribution < 1.29 is 19.1 Å². The van der Waals surface area contributed by atoms with Gasteiger partial charge in [0.15, 0.2) is 0 Å². The van der Waals surface area contributed by atoms with E-state index in [1.807, 2.05) is 24.3 Å². The van der Waals surface area contributed by atoms with Gasteiger partial charge in [-0.05, 0) is 48.5 Å². The molecule has 4 nitrogen and oxygen atoms in total. The van der Waals surface area contributed by atoms with Crippen molar-refractivity contribution in [2.45, 2.75) is 30.1 Å². The third-order valence-corrected chi connectivity index (χ3v) is 3.68. The smallest absolute Gasteiger partial charge is 0.310 e. The molecule has 2 aromatic rings. The number of ether oxygens (including phenoxy) is 2. The summed E-state index contributed by atoms with van der Waals surface area (Å²) in [5.74, 6) is 0.485. The molecular formula is C17H16O4S. The van der Waals surface area contributed by atoms with Gasteiger partial charge in [0.1, 0.15) is 11.5 Å². The van der Waals surface area contributed by atoms with E-state index in [0.29, 0.717) is 17.9 Å². The standard InChI is InChI=1S/C17H16O4S/c1-3-17(19)21-14-6-10-16(11-7-14)22-15-8-4-13(5-9-15)20-12(2)18/h4-11H,3H2,1-2H3. The summed E-state index contributed by atoms with van der Waals surface area (Å²) < 4.78 is 10.1. The highest BCUT2D eigenvalue weighted by Gasteiger charge is 2.03. The number of carbonyl (C=O) groups is 2. The molecule has 0 saturated carbocycles. The Morgan fingerprint density at radius 3 is 1.73 bits per heavy atom. The number of rotatable bonds is 5. The van der Waals surface area contributed by atoms with Crippen LogP contribution in [-0.4, -0.2) is 11.9 Å². The maximum absolute atomic E-state index is 11.2. The van der Waals surface area contributed by atoms with E-state index >= 15 is 0 Å². The van der Waals surface area contributed by atoms with Crippen molar-refractivity contribution in [1.82, 2.24) is 0 Å². The van der Waals surface area contributed by atoms with Gasteiger partial charge in [0, 0.05) is 23.1 Å². The van der Waals surface area contributed by atoms with Crippen LogP contribution in [-0.2, 0) is 9.59 Å². The molecule has 0 aliphatic rings. The van der Waals surface area contributed by atoms with Crippen molar-refractivity contribution in [1.29, 1.82) is 0 Å². The minimum atomic E-state index is -0.336. The van der Waals surface area contributed by atoms with Crippen LogP contribution >= 0.6 is 11.8 Å². The van der Waals surface area contributed by atoms with Crippen LogP contribution in [0.5, 0.6) is 11.5 Å². The maximum Gasteiger partial charge on any atom is 0.310 e. The summed E-state index contributed by atoms with van der Waals surface area (Å²) in [4.78, 5) is 24.1. The van der Waals surface area contributed by atoms with Crippen LogP contribution in [0.3, 0.4) is 0 Å². The third kappa shape index (κ3) is 4.93. The fourth-order valence-electron chi connectivity index (χ4n) is 1.66. The Morgan fingerprint density at radius 2 is 1.32 bits per heavy atom. The van der Waals surface area contributed by atoms with Gasteiger partial charge in [-0.3, -0.25) is 9.59 Å². The molecule has 0 amide bonds. The molecule has 0 unspecified atom stereocenters. The van der Waals surface area contributed by atoms with Crippen LogP contribution in [0.2, 0.25) is 0 Å². The van der Waals surface area contributed by atoms with Crippen LogP contribution in [0.25, 0.3) is 0 Å². The molecule has 0 atom stereocenters. The van der Waals surface area contributed by atoms with E-state index in [-0.39, 0.29) is 11.9 Å². The zero-order valence-corrected chi connectivity index (χ0v) is 13.2. The average molecular weight is 316 g/mol. The van der Waals surface area contributed by atoms with Gasteiger partial charge in [-0.15, -0.1) is 0 Å². The van der Waals surface area contributed by atoms with Gasteiger partial charge in [-0.25, -0.2) is 0 Å². The minimum absolute atomic E-state index is 0.249. The topological polar surface area (TPSA) is 52.6 Å². The lowest BCUT2D eigenvalue weighted by Gasteiger charge is -2.06. The van der Waals surface area contributed by atoms with Crippen molar-refractivity contribution in [2.75, 3.05) is 0 Å². The summed E-state index contributed by atoms with van der Waals surface area (Å²) in [6.45, 7) is 3.13. The average Bonchev–Trinajstić information content (AvgIpc) is 2.50. The highest BCUT2D eigenvalue weighted by atomic mass is 32.2. The van der Waals surface area contributed by atoms with Crippen molar-refractivity contribution in [3.8, 4) is 11.5 Å². The summed E-state index contributed by atoms with van der Waals surface area (Å²) in [5.41, 5.74) is 0. The minimum Gasteiger partial charge on any atom is -0.427 e. The van der Waals surface area contributed by atoms with Crippen molar-refractivity contribution in [2.24, 2.45) is 0 Å². The summed E-state index contributed by atoms with van der Waals surface area (Å²) in [5, 5.41) is 0. The van der Waals surface area contributed by atoms with Crippen LogP contribution < -0.4 is 9.47 Å². The zero-order chi connectivity index (χ0) is 15.9. The molecule has 0 N–H and O–H groups in total. The lowest BCUT2D eigenvalue weighted by atomic mass is 10.3. The zero-order valence-electron chi connectivity index (χ0n) is 12.4. The van der Waals surface area contributed by atoms with Gasteiger partial charge in [0.2, 0.25) is 0 Å². The van der Waals surface area contributed by atoms with E-state index in [1.54, 1.807) is 43.0 Å². The normalized spacial score (nSPS) is 10.1. The Kier molecular flexibility index (Phi) is 5.61. The number of hydrogen-bond donors (Lipinski definition) is 0. The molecule has 114 valence electrons. The van der Waals surface area contributed by atoms with Crippen LogP contribution in [0.4, 0.5) is 0 Å². The SMILES string of the molecule is CCC(=O)Oc1ccc(Sc2ccc(OC(C)=O)cc2)cc1. The second-order valence-corrected chi connectivity index (χ2v) is 5.61. The highest BCUT2D eigenvalue weighted by Crippen LogP contribution is 2.30. The van der Waals surface area contributed by atoms with Crippen LogP contribution in [0.1, 0.15) is 20.3 Å². The second kappa shape index (κ2) is 7.66. The molecule has 5 heteroatoms. The van der Waals surface area contributed by atoms with E-state index in [0.717, 1.165) is 9.79 Å². The lowest BCUT2D eigenvalue weighted by molar-refractivity contribution is -0.134. The summed E-state index contributed by atoms with van der Waals surface area (Å²) >= 11 is 1.57. The number of carbonyl (C=O) groups excluding carboxylic acids is 2. The largest absolute Gasteiger partial charge is 0.427 e. The van der Waals surface area contributed by atoms with Crippen LogP contribution in [0.15, 0.2) is 58.3 Å². The van der Waals surface area contributed by atoms with E-state index in [2.05, 4.69) is 0 Å². The molecule has 2 aromatic carbocycles. The molecule has 2 rings (SSSR count). The Labute approximate surface area is 133 Å². The number of benzene rings is 2. The quantitative estimate of drug-likeness (QED) is 0.614. The molecule has 0 radical (unpaired) electrons. The Balaban J connectivity index is 1.98. The first-order chi connectivity index (χ1) is 10.6. The molecule has 22 heavy (non-hydrogen) atoms. The van der Waals surface area contributed by atoms with E-state index < -0.39 is 0 Å². The predicted octanol–water partition coefficient (Wildman–Crippen LogP) is 4.08. The monoisotopic (exact) mass is 316 g/mol. The molecule has 0 aliphatic carbocycles. The molecule has 0 saturated heterocycles. The van der Waals surface area contributed by atoms with E-state index in [9.17, 15) is 9.59 Å². The molecule has 0 spiro atoms. The Hall–Kier alpha value is -2.27. The lowest BCUT2D eigenvalue weighted by Crippen LogP contribution is -2.05. The number of hydrogen-bond acceptors (Lipinski definition) is 5. The van der Waals surface area contributed by atoms with Gasteiger partial charge >= 0.3 is 11.9 Å². The predicted molar refractivity (Wildman–Crippen MR) is 84.2 cm³/mol. The molecule has 0 heterocycles. The van der Waals surface area contributed by atoms with Crippen molar-refractivity contribution >= 4 is 23.7 Å². The van der Waals surface area contributed by atoms with Gasteiger partial charge in [-0.1, -0.05) is 18.7 Å². The van der Waals surface area contributed by atoms with E-state index in [4.69, 9.17) is 9.47 Å². The highest BCUT2D eigenvalue weighted by molar-refractivity contribution is 7.99. The fourth-order valence-corrected chi connectivity index (χ4v) is 2.47. The van der Waals surface area contributed by atoms with Gasteiger partial charge < -0.3 is 9.47 Å². The summed E-state index contributed by atoms with van der Waals surface area (Å²) in [6, 6.07) is 14.6. The van der Waals surface area contributed by atoms with Gasteiger partial charge in [0.05, 0.1) is 0 Å². The molecule has 0 bridgehead atoms. The second-order valence-electron chi connectivity index (χ2n) is 4.47. The first kappa shape index (κ1) is 16.1. The fraction of sp³-hybridized carbons (Fsp3) is 0.176. The van der Waals surface area contributed by atoms with Crippen LogP contribution in [0, 0.1) is 0 Å². The summed E-state index contributed by atoms with van der Waals surface area (Å²) in [7, 11) is 0. The maximum atomic E-state index is 11.2. The Bertz CT molecular complexity index is 647. The van der Waals surface area contributed by atoms with E-state index in [1.165, 1.54) is 6.92 Å². The Morgan fingerprint density at radius 1 is 0.864 bits per heavy atom. The van der Waals surface area contributed by atoms with Gasteiger partial charge in [-0.2, -0.15) is 0 Å². The van der Waals surface area contributed by atoms with Gasteiger partial charge in [0.25, 0.3) is 0 Å². The number of esters is 2. The molecule has 0 aromatic heterocycles. The third-order valence-electron chi connectivity index (χ3n) is 2.67.